The van der Waals surface area contributed by atoms with Crippen molar-refractivity contribution >= 4 is 17.3 Å². The first kappa shape index (κ1) is 15.3. The second-order valence-electron chi connectivity index (χ2n) is 4.84. The summed E-state index contributed by atoms with van der Waals surface area (Å²) in [5.41, 5.74) is 13.1. The van der Waals surface area contributed by atoms with Crippen LogP contribution in [-0.2, 0) is 0 Å². The molecule has 4 N–H and O–H groups in total. The molecule has 4 nitrogen and oxygen atoms in total. The molecule has 0 saturated heterocycles. The van der Waals surface area contributed by atoms with Crippen molar-refractivity contribution < 1.29 is 4.79 Å². The van der Waals surface area contributed by atoms with E-state index in [4.69, 9.17) is 11.5 Å². The zero-order chi connectivity index (χ0) is 14.3. The molecule has 1 rings (SSSR count). The van der Waals surface area contributed by atoms with Gasteiger partial charge in [-0.15, -0.1) is 0 Å². The highest BCUT2D eigenvalue weighted by molar-refractivity contribution is 5.96. The molecule has 4 heteroatoms. The molecule has 0 radical (unpaired) electrons. The summed E-state index contributed by atoms with van der Waals surface area (Å²) in [5.74, 6) is 0.0496. The minimum Gasteiger partial charge on any atom is -0.397 e. The van der Waals surface area contributed by atoms with Crippen molar-refractivity contribution in [1.29, 1.82) is 0 Å². The number of carbonyl (C=O) groups is 1. The fourth-order valence-corrected chi connectivity index (χ4v) is 1.90. The van der Waals surface area contributed by atoms with Gasteiger partial charge in [0.1, 0.15) is 0 Å². The number of hydrogen-bond donors (Lipinski definition) is 2. The average molecular weight is 263 g/mol. The Labute approximate surface area is 115 Å². The van der Waals surface area contributed by atoms with E-state index in [0.29, 0.717) is 16.9 Å². The molecule has 0 aliphatic rings. The third-order valence-corrected chi connectivity index (χ3v) is 3.18. The van der Waals surface area contributed by atoms with E-state index in [1.807, 2.05) is 4.90 Å². The van der Waals surface area contributed by atoms with E-state index in [-0.39, 0.29) is 5.91 Å². The highest BCUT2D eigenvalue weighted by Crippen LogP contribution is 2.17. The third kappa shape index (κ3) is 4.47. The molecular weight excluding hydrogens is 238 g/mol. The van der Waals surface area contributed by atoms with Crippen LogP contribution in [0.5, 0.6) is 0 Å². The molecule has 0 spiro atoms. The average Bonchev–Trinajstić information content (AvgIpc) is 2.41. The lowest BCUT2D eigenvalue weighted by Crippen LogP contribution is -2.33. The summed E-state index contributed by atoms with van der Waals surface area (Å²) in [6, 6.07) is 5.11. The zero-order valence-corrected chi connectivity index (χ0v) is 12.0. The van der Waals surface area contributed by atoms with E-state index in [9.17, 15) is 4.79 Å². The minimum atomic E-state index is 0.0496. The van der Waals surface area contributed by atoms with Crippen LogP contribution in [0, 0.1) is 0 Å². The quantitative estimate of drug-likeness (QED) is 0.743. The van der Waals surface area contributed by atoms with Gasteiger partial charge in [-0.05, 0) is 31.0 Å². The Morgan fingerprint density at radius 3 is 2.11 bits per heavy atom. The number of amides is 1. The van der Waals surface area contributed by atoms with Crippen molar-refractivity contribution in [2.75, 3.05) is 24.6 Å². The molecule has 0 atom stereocenters. The second-order valence-corrected chi connectivity index (χ2v) is 4.84. The fourth-order valence-electron chi connectivity index (χ4n) is 1.90. The molecule has 0 saturated carbocycles. The van der Waals surface area contributed by atoms with Crippen LogP contribution < -0.4 is 11.5 Å². The molecular formula is C15H25N3O. The van der Waals surface area contributed by atoms with Crippen molar-refractivity contribution in [1.82, 2.24) is 4.90 Å². The van der Waals surface area contributed by atoms with Crippen molar-refractivity contribution in [2.24, 2.45) is 0 Å². The Hall–Kier alpha value is -1.71. The maximum atomic E-state index is 12.4. The summed E-state index contributed by atoms with van der Waals surface area (Å²) in [7, 11) is 0. The minimum absolute atomic E-state index is 0.0496. The molecule has 0 aliphatic carbocycles. The number of nitrogens with zero attached hydrogens (tertiary/aromatic N) is 1. The predicted molar refractivity (Wildman–Crippen MR) is 81.0 cm³/mol. The van der Waals surface area contributed by atoms with Gasteiger partial charge in [-0.1, -0.05) is 26.7 Å². The fraction of sp³-hybridized carbons (Fsp3) is 0.533. The molecule has 0 aromatic heterocycles. The Balaban J connectivity index is 2.81. The van der Waals surface area contributed by atoms with Gasteiger partial charge in [-0.25, -0.2) is 0 Å². The van der Waals surface area contributed by atoms with Crippen molar-refractivity contribution in [3.63, 3.8) is 0 Å². The summed E-state index contributed by atoms with van der Waals surface area (Å²) in [6.07, 6.45) is 4.22. The van der Waals surface area contributed by atoms with Crippen LogP contribution in [0.15, 0.2) is 18.2 Å². The molecule has 0 aliphatic heterocycles. The number of anilines is 2. The highest BCUT2D eigenvalue weighted by atomic mass is 16.2. The SMILES string of the molecule is CCCCN(CCCC)C(=O)c1ccc(N)c(N)c1. The first-order valence-electron chi connectivity index (χ1n) is 7.04. The number of benzene rings is 1. The maximum absolute atomic E-state index is 12.4. The van der Waals surface area contributed by atoms with E-state index < -0.39 is 0 Å². The molecule has 1 amide bonds. The second kappa shape index (κ2) is 7.67. The van der Waals surface area contributed by atoms with Gasteiger partial charge in [0.05, 0.1) is 11.4 Å². The molecule has 106 valence electrons. The number of nitrogens with two attached hydrogens (primary N) is 2. The molecule has 0 heterocycles. The summed E-state index contributed by atoms with van der Waals surface area (Å²) < 4.78 is 0. The number of unbranched alkanes of at least 4 members (excludes halogenated alkanes) is 2. The van der Waals surface area contributed by atoms with E-state index in [1.54, 1.807) is 18.2 Å². The Morgan fingerprint density at radius 2 is 1.63 bits per heavy atom. The topological polar surface area (TPSA) is 72.3 Å². The first-order chi connectivity index (χ1) is 9.10. The summed E-state index contributed by atoms with van der Waals surface area (Å²) >= 11 is 0. The zero-order valence-electron chi connectivity index (χ0n) is 12.0. The molecule has 1 aromatic carbocycles. The van der Waals surface area contributed by atoms with Crippen molar-refractivity contribution in [3.8, 4) is 0 Å². The molecule has 0 bridgehead atoms. The van der Waals surface area contributed by atoms with Gasteiger partial charge in [0.25, 0.3) is 5.91 Å². The first-order valence-corrected chi connectivity index (χ1v) is 7.04. The van der Waals surface area contributed by atoms with E-state index >= 15 is 0 Å². The predicted octanol–water partition coefficient (Wildman–Crippen LogP) is 2.89. The lowest BCUT2D eigenvalue weighted by molar-refractivity contribution is 0.0751. The molecule has 0 fully saturated rings. The van der Waals surface area contributed by atoms with Gasteiger partial charge in [-0.3, -0.25) is 4.79 Å². The summed E-state index contributed by atoms with van der Waals surface area (Å²) in [5, 5.41) is 0. The number of rotatable bonds is 7. The number of nitrogen functional groups attached to an aromatic ring is 2. The van der Waals surface area contributed by atoms with Crippen LogP contribution in [0.4, 0.5) is 11.4 Å². The van der Waals surface area contributed by atoms with Gasteiger partial charge in [0.2, 0.25) is 0 Å². The molecule has 0 unspecified atom stereocenters. The van der Waals surface area contributed by atoms with Crippen LogP contribution in [0.2, 0.25) is 0 Å². The highest BCUT2D eigenvalue weighted by Gasteiger charge is 2.15. The monoisotopic (exact) mass is 263 g/mol. The van der Waals surface area contributed by atoms with E-state index in [1.165, 1.54) is 0 Å². The van der Waals surface area contributed by atoms with E-state index in [2.05, 4.69) is 13.8 Å². The van der Waals surface area contributed by atoms with Crippen LogP contribution in [0.25, 0.3) is 0 Å². The lowest BCUT2D eigenvalue weighted by Gasteiger charge is -2.22. The number of carbonyl (C=O) groups excluding carboxylic acids is 1. The Bertz CT molecular complexity index is 410. The summed E-state index contributed by atoms with van der Waals surface area (Å²) in [4.78, 5) is 14.4. The normalized spacial score (nSPS) is 10.4. The lowest BCUT2D eigenvalue weighted by atomic mass is 10.1. The maximum Gasteiger partial charge on any atom is 0.253 e. The molecule has 19 heavy (non-hydrogen) atoms. The van der Waals surface area contributed by atoms with Crippen molar-refractivity contribution in [2.45, 2.75) is 39.5 Å². The van der Waals surface area contributed by atoms with Crippen LogP contribution >= 0.6 is 0 Å². The standard InChI is InChI=1S/C15H25N3O/c1-3-5-9-18(10-6-4-2)15(19)12-7-8-13(16)14(17)11-12/h7-8,11H,3-6,9-10,16-17H2,1-2H3. The Morgan fingerprint density at radius 1 is 1.05 bits per heavy atom. The van der Waals surface area contributed by atoms with Gasteiger partial charge in [0, 0.05) is 18.7 Å². The third-order valence-electron chi connectivity index (χ3n) is 3.18. The summed E-state index contributed by atoms with van der Waals surface area (Å²) in [6.45, 7) is 5.87. The smallest absolute Gasteiger partial charge is 0.253 e. The van der Waals surface area contributed by atoms with Gasteiger partial charge in [0.15, 0.2) is 0 Å². The van der Waals surface area contributed by atoms with Gasteiger partial charge >= 0.3 is 0 Å². The van der Waals surface area contributed by atoms with Crippen LogP contribution in [0.1, 0.15) is 49.9 Å². The Kier molecular flexibility index (Phi) is 6.19. The molecule has 1 aromatic rings. The number of hydrogen-bond acceptors (Lipinski definition) is 3. The van der Waals surface area contributed by atoms with Gasteiger partial charge < -0.3 is 16.4 Å². The van der Waals surface area contributed by atoms with Crippen molar-refractivity contribution in [3.05, 3.63) is 23.8 Å². The largest absolute Gasteiger partial charge is 0.397 e. The van der Waals surface area contributed by atoms with Gasteiger partial charge in [-0.2, -0.15) is 0 Å². The van der Waals surface area contributed by atoms with Crippen LogP contribution in [0.3, 0.4) is 0 Å². The van der Waals surface area contributed by atoms with E-state index in [0.717, 1.165) is 38.8 Å². The van der Waals surface area contributed by atoms with Crippen LogP contribution in [-0.4, -0.2) is 23.9 Å².